The van der Waals surface area contributed by atoms with Crippen LogP contribution in [0.4, 0.5) is 5.69 Å². The van der Waals surface area contributed by atoms with Crippen LogP contribution in [-0.4, -0.2) is 21.9 Å². The molecule has 0 bridgehead atoms. The van der Waals surface area contributed by atoms with Gasteiger partial charge < -0.3 is 5.32 Å². The van der Waals surface area contributed by atoms with E-state index < -0.39 is 10.8 Å². The molecule has 0 saturated carbocycles. The van der Waals surface area contributed by atoms with Crippen molar-refractivity contribution in [1.29, 1.82) is 0 Å². The highest BCUT2D eigenvalue weighted by atomic mass is 35.5. The lowest BCUT2D eigenvalue weighted by Gasteiger charge is -2.28. The number of nitrogens with zero attached hydrogens (tertiary/aromatic N) is 2. The van der Waals surface area contributed by atoms with E-state index in [9.17, 15) is 14.9 Å². The van der Waals surface area contributed by atoms with Crippen LogP contribution in [0.3, 0.4) is 0 Å². The molecule has 0 saturated heterocycles. The summed E-state index contributed by atoms with van der Waals surface area (Å²) in [6.45, 7) is 7.79. The average molecular weight is 286 g/mol. The monoisotopic (exact) mass is 285 g/mol. The molecule has 1 amide bonds. The molecule has 1 unspecified atom stereocenters. The van der Waals surface area contributed by atoms with E-state index in [4.69, 9.17) is 11.6 Å². The molecule has 1 aromatic heterocycles. The third-order valence-electron chi connectivity index (χ3n) is 2.93. The lowest BCUT2D eigenvalue weighted by atomic mass is 9.88. The molecule has 0 spiro atoms. The predicted molar refractivity (Wildman–Crippen MR) is 72.3 cm³/mol. The Labute approximate surface area is 116 Å². The normalized spacial score (nSPS) is 12.9. The number of nitrogens with one attached hydrogen (secondary N) is 1. The van der Waals surface area contributed by atoms with Crippen molar-refractivity contribution in [2.24, 2.45) is 5.41 Å². The molecule has 1 heterocycles. The molecule has 1 atom stereocenters. The lowest BCUT2D eigenvalue weighted by molar-refractivity contribution is -0.385. The molecule has 1 aromatic rings. The van der Waals surface area contributed by atoms with E-state index in [2.05, 4.69) is 10.3 Å². The maximum Gasteiger partial charge on any atom is 0.288 e. The fourth-order valence-electron chi connectivity index (χ4n) is 1.19. The standard InChI is InChI=1S/C12H16ClN3O3/c1-7(12(2,3)4)15-11(17)9-5-8(16(18)19)6-14-10(9)13/h5-7H,1-4H3,(H,15,17). The van der Waals surface area contributed by atoms with Crippen molar-refractivity contribution in [3.63, 3.8) is 0 Å². The number of nitro groups is 1. The van der Waals surface area contributed by atoms with Crippen LogP contribution >= 0.6 is 11.6 Å². The van der Waals surface area contributed by atoms with Gasteiger partial charge in [-0.25, -0.2) is 4.98 Å². The largest absolute Gasteiger partial charge is 0.349 e. The van der Waals surface area contributed by atoms with E-state index in [1.54, 1.807) is 0 Å². The summed E-state index contributed by atoms with van der Waals surface area (Å²) in [6.07, 6.45) is 1.02. The van der Waals surface area contributed by atoms with Crippen molar-refractivity contribution in [3.8, 4) is 0 Å². The summed E-state index contributed by atoms with van der Waals surface area (Å²) in [5, 5.41) is 13.4. The number of aromatic nitrogens is 1. The summed E-state index contributed by atoms with van der Waals surface area (Å²) >= 11 is 5.80. The Kier molecular flexibility index (Phi) is 4.47. The molecule has 104 valence electrons. The zero-order chi connectivity index (χ0) is 14.8. The van der Waals surface area contributed by atoms with Gasteiger partial charge in [-0.2, -0.15) is 0 Å². The fourth-order valence-corrected chi connectivity index (χ4v) is 1.38. The molecule has 1 N–H and O–H groups in total. The number of carbonyl (C=O) groups excluding carboxylic acids is 1. The number of carbonyl (C=O) groups is 1. The maximum atomic E-state index is 12.0. The van der Waals surface area contributed by atoms with Crippen LogP contribution < -0.4 is 5.32 Å². The Morgan fingerprint density at radius 2 is 2.11 bits per heavy atom. The van der Waals surface area contributed by atoms with Gasteiger partial charge in [-0.3, -0.25) is 14.9 Å². The Balaban J connectivity index is 3.00. The number of pyridine rings is 1. The third kappa shape index (κ3) is 3.89. The minimum Gasteiger partial charge on any atom is -0.349 e. The summed E-state index contributed by atoms with van der Waals surface area (Å²) < 4.78 is 0. The highest BCUT2D eigenvalue weighted by Gasteiger charge is 2.24. The summed E-state index contributed by atoms with van der Waals surface area (Å²) in [5.74, 6) is -0.469. The van der Waals surface area contributed by atoms with E-state index in [0.29, 0.717) is 0 Å². The van der Waals surface area contributed by atoms with Crippen LogP contribution in [0.15, 0.2) is 12.3 Å². The molecule has 0 aliphatic rings. The van der Waals surface area contributed by atoms with Gasteiger partial charge in [0.25, 0.3) is 11.6 Å². The van der Waals surface area contributed by atoms with Gasteiger partial charge in [0, 0.05) is 12.1 Å². The van der Waals surface area contributed by atoms with Gasteiger partial charge in [0.05, 0.1) is 10.5 Å². The van der Waals surface area contributed by atoms with Crippen LogP contribution in [0.5, 0.6) is 0 Å². The van der Waals surface area contributed by atoms with Gasteiger partial charge in [0.2, 0.25) is 0 Å². The smallest absolute Gasteiger partial charge is 0.288 e. The van der Waals surface area contributed by atoms with E-state index in [1.165, 1.54) is 0 Å². The minimum atomic E-state index is -0.618. The quantitative estimate of drug-likeness (QED) is 0.526. The van der Waals surface area contributed by atoms with Gasteiger partial charge in [0.1, 0.15) is 11.3 Å². The topological polar surface area (TPSA) is 85.1 Å². The first kappa shape index (κ1) is 15.4. The van der Waals surface area contributed by atoms with Gasteiger partial charge >= 0.3 is 0 Å². The number of hydrogen-bond donors (Lipinski definition) is 1. The minimum absolute atomic E-state index is 0.00645. The zero-order valence-corrected chi connectivity index (χ0v) is 12.0. The molecule has 1 rings (SSSR count). The second-order valence-corrected chi connectivity index (χ2v) is 5.71. The zero-order valence-electron chi connectivity index (χ0n) is 11.2. The second kappa shape index (κ2) is 5.52. The van der Waals surface area contributed by atoms with E-state index in [-0.39, 0.29) is 27.9 Å². The fraction of sp³-hybridized carbons (Fsp3) is 0.500. The van der Waals surface area contributed by atoms with E-state index in [1.807, 2.05) is 27.7 Å². The van der Waals surface area contributed by atoms with Crippen molar-refractivity contribution < 1.29 is 9.72 Å². The van der Waals surface area contributed by atoms with Gasteiger partial charge in [-0.05, 0) is 12.3 Å². The van der Waals surface area contributed by atoms with Gasteiger partial charge in [0.15, 0.2) is 0 Å². The van der Waals surface area contributed by atoms with Gasteiger partial charge in [-0.15, -0.1) is 0 Å². The second-order valence-electron chi connectivity index (χ2n) is 5.35. The third-order valence-corrected chi connectivity index (χ3v) is 3.23. The van der Waals surface area contributed by atoms with Crippen LogP contribution in [0.2, 0.25) is 5.15 Å². The first-order valence-corrected chi connectivity index (χ1v) is 6.11. The SMILES string of the molecule is CC(NC(=O)c1cc([N+](=O)[O-])cnc1Cl)C(C)(C)C. The summed E-state index contributed by atoms with van der Waals surface area (Å²) in [6, 6.07) is 1.01. The van der Waals surface area contributed by atoms with Crippen molar-refractivity contribution in [2.45, 2.75) is 33.7 Å². The highest BCUT2D eigenvalue weighted by molar-refractivity contribution is 6.32. The number of amides is 1. The summed E-state index contributed by atoms with van der Waals surface area (Å²) in [5.41, 5.74) is -0.388. The van der Waals surface area contributed by atoms with Crippen LogP contribution in [-0.2, 0) is 0 Å². The first-order chi connectivity index (χ1) is 8.62. The maximum absolute atomic E-state index is 12.0. The Morgan fingerprint density at radius 1 is 1.53 bits per heavy atom. The van der Waals surface area contributed by atoms with Crippen molar-refractivity contribution in [1.82, 2.24) is 10.3 Å². The molecular weight excluding hydrogens is 270 g/mol. The summed E-state index contributed by atoms with van der Waals surface area (Å²) in [4.78, 5) is 25.7. The molecule has 7 heteroatoms. The first-order valence-electron chi connectivity index (χ1n) is 5.73. The molecular formula is C12H16ClN3O3. The van der Waals surface area contributed by atoms with Gasteiger partial charge in [-0.1, -0.05) is 32.4 Å². The Bertz CT molecular complexity index is 511. The molecule has 0 fully saturated rings. The average Bonchev–Trinajstić information content (AvgIpc) is 2.27. The molecule has 0 aromatic carbocycles. The number of halogens is 1. The van der Waals surface area contributed by atoms with Crippen LogP contribution in [0.1, 0.15) is 38.1 Å². The molecule has 0 aliphatic heterocycles. The van der Waals surface area contributed by atoms with Crippen molar-refractivity contribution in [2.75, 3.05) is 0 Å². The lowest BCUT2D eigenvalue weighted by Crippen LogP contribution is -2.41. The number of rotatable bonds is 3. The predicted octanol–water partition coefficient (Wildman–Crippen LogP) is 2.81. The molecule has 6 nitrogen and oxygen atoms in total. The number of hydrogen-bond acceptors (Lipinski definition) is 4. The van der Waals surface area contributed by atoms with E-state index >= 15 is 0 Å². The van der Waals surface area contributed by atoms with Crippen LogP contribution in [0.25, 0.3) is 0 Å². The molecule has 0 aliphatic carbocycles. The van der Waals surface area contributed by atoms with Crippen LogP contribution in [0, 0.1) is 15.5 Å². The Morgan fingerprint density at radius 3 is 2.58 bits per heavy atom. The van der Waals surface area contributed by atoms with Crippen molar-refractivity contribution >= 4 is 23.2 Å². The van der Waals surface area contributed by atoms with Crippen molar-refractivity contribution in [3.05, 3.63) is 33.1 Å². The summed E-state index contributed by atoms with van der Waals surface area (Å²) in [7, 11) is 0. The molecule has 0 radical (unpaired) electrons. The van der Waals surface area contributed by atoms with E-state index in [0.717, 1.165) is 12.3 Å². The highest BCUT2D eigenvalue weighted by Crippen LogP contribution is 2.22. The molecule has 19 heavy (non-hydrogen) atoms. The Hall–Kier alpha value is -1.69.